The summed E-state index contributed by atoms with van der Waals surface area (Å²) in [6.45, 7) is 3.00. The molecule has 1 unspecified atom stereocenters. The van der Waals surface area contributed by atoms with Crippen LogP contribution in [0, 0.1) is 11.8 Å². The van der Waals surface area contributed by atoms with E-state index >= 15 is 0 Å². The zero-order valence-electron chi connectivity index (χ0n) is 12.7. The first-order chi connectivity index (χ1) is 9.75. The van der Waals surface area contributed by atoms with Crippen molar-refractivity contribution >= 4 is 24.2 Å². The molecule has 0 aliphatic carbocycles. The molecule has 1 aliphatic heterocycles. The summed E-state index contributed by atoms with van der Waals surface area (Å²) in [7, 11) is 1.76. The highest BCUT2D eigenvalue weighted by Gasteiger charge is 2.43. The quantitative estimate of drug-likeness (QED) is 0.786. The molecule has 0 saturated carbocycles. The normalized spacial score (nSPS) is 17.6. The number of piperidine rings is 1. The van der Waals surface area contributed by atoms with Gasteiger partial charge in [0.05, 0.1) is 0 Å². The molecule has 9 heteroatoms. The number of hydrogen-bond donors (Lipinski definition) is 2. The van der Waals surface area contributed by atoms with Gasteiger partial charge < -0.3 is 15.5 Å². The molecule has 130 valence electrons. The summed E-state index contributed by atoms with van der Waals surface area (Å²) in [5, 5.41) is 5.71. The molecule has 0 aromatic heterocycles. The summed E-state index contributed by atoms with van der Waals surface area (Å²) in [5.74, 6) is -1.87. The third-order valence-corrected chi connectivity index (χ3v) is 3.67. The molecular formula is C13H23ClF3N3O2. The molecular weight excluding hydrogens is 323 g/mol. The van der Waals surface area contributed by atoms with Gasteiger partial charge in [-0.25, -0.2) is 0 Å². The zero-order chi connectivity index (χ0) is 16.0. The van der Waals surface area contributed by atoms with E-state index in [0.717, 1.165) is 4.90 Å². The maximum absolute atomic E-state index is 12.3. The van der Waals surface area contributed by atoms with E-state index in [4.69, 9.17) is 0 Å². The molecule has 0 spiro atoms. The third-order valence-electron chi connectivity index (χ3n) is 3.67. The lowest BCUT2D eigenvalue weighted by molar-refractivity contribution is -0.186. The number of amides is 2. The van der Waals surface area contributed by atoms with E-state index < -0.39 is 12.1 Å². The van der Waals surface area contributed by atoms with Crippen LogP contribution < -0.4 is 10.6 Å². The Kier molecular flexibility index (Phi) is 8.77. The van der Waals surface area contributed by atoms with Crippen molar-refractivity contribution in [2.75, 3.05) is 33.2 Å². The van der Waals surface area contributed by atoms with Crippen molar-refractivity contribution in [2.45, 2.75) is 25.9 Å². The van der Waals surface area contributed by atoms with E-state index in [0.29, 0.717) is 25.9 Å². The number of halogens is 4. The number of alkyl halides is 3. The molecule has 22 heavy (non-hydrogen) atoms. The lowest BCUT2D eigenvalue weighted by Crippen LogP contribution is -2.47. The van der Waals surface area contributed by atoms with Crippen LogP contribution in [0.15, 0.2) is 0 Å². The van der Waals surface area contributed by atoms with Gasteiger partial charge in [0.25, 0.3) is 0 Å². The van der Waals surface area contributed by atoms with Gasteiger partial charge in [-0.2, -0.15) is 13.2 Å². The Labute approximate surface area is 134 Å². The molecule has 1 saturated heterocycles. The fourth-order valence-corrected chi connectivity index (χ4v) is 2.34. The molecule has 5 nitrogen and oxygen atoms in total. The highest BCUT2D eigenvalue weighted by molar-refractivity contribution is 5.85. The van der Waals surface area contributed by atoms with Gasteiger partial charge >= 0.3 is 12.1 Å². The highest BCUT2D eigenvalue weighted by atomic mass is 35.5. The van der Waals surface area contributed by atoms with Crippen molar-refractivity contribution in [2.24, 2.45) is 11.8 Å². The minimum atomic E-state index is -4.80. The molecule has 1 aliphatic rings. The minimum absolute atomic E-state index is 0. The fourth-order valence-electron chi connectivity index (χ4n) is 2.34. The first-order valence-corrected chi connectivity index (χ1v) is 7.04. The van der Waals surface area contributed by atoms with E-state index in [-0.39, 0.29) is 43.2 Å². The van der Waals surface area contributed by atoms with Crippen LogP contribution in [-0.4, -0.2) is 56.1 Å². The van der Waals surface area contributed by atoms with Crippen LogP contribution in [-0.2, 0) is 9.59 Å². The van der Waals surface area contributed by atoms with Gasteiger partial charge in [0.2, 0.25) is 5.91 Å². The number of nitrogens with zero attached hydrogens (tertiary/aromatic N) is 1. The number of likely N-dealkylation sites (tertiary alicyclic amines) is 1. The van der Waals surface area contributed by atoms with E-state index in [2.05, 4.69) is 10.6 Å². The first kappa shape index (κ1) is 21.0. The van der Waals surface area contributed by atoms with Gasteiger partial charge in [0, 0.05) is 32.1 Å². The summed E-state index contributed by atoms with van der Waals surface area (Å²) < 4.78 is 36.9. The van der Waals surface area contributed by atoms with Crippen LogP contribution in [0.1, 0.15) is 19.8 Å². The number of carbonyl (C=O) groups is 2. The molecule has 1 atom stereocenters. The van der Waals surface area contributed by atoms with Crippen LogP contribution in [0.25, 0.3) is 0 Å². The molecule has 1 fully saturated rings. The molecule has 2 N–H and O–H groups in total. The number of carbonyl (C=O) groups excluding carboxylic acids is 2. The highest BCUT2D eigenvalue weighted by Crippen LogP contribution is 2.23. The topological polar surface area (TPSA) is 61.4 Å². The van der Waals surface area contributed by atoms with Gasteiger partial charge in [-0.3, -0.25) is 9.59 Å². The maximum Gasteiger partial charge on any atom is 0.471 e. The largest absolute Gasteiger partial charge is 0.471 e. The number of nitrogens with one attached hydrogen (secondary N) is 2. The Hall–Kier alpha value is -1.02. The lowest BCUT2D eigenvalue weighted by atomic mass is 9.96. The van der Waals surface area contributed by atoms with Crippen molar-refractivity contribution in [3.8, 4) is 0 Å². The predicted molar refractivity (Wildman–Crippen MR) is 78.7 cm³/mol. The van der Waals surface area contributed by atoms with Crippen LogP contribution in [0.3, 0.4) is 0 Å². The summed E-state index contributed by atoms with van der Waals surface area (Å²) in [6, 6.07) is 0. The van der Waals surface area contributed by atoms with E-state index in [1.165, 1.54) is 0 Å². The van der Waals surface area contributed by atoms with Crippen molar-refractivity contribution in [1.82, 2.24) is 15.5 Å². The molecule has 0 aromatic rings. The van der Waals surface area contributed by atoms with Crippen molar-refractivity contribution < 1.29 is 22.8 Å². The Bertz CT molecular complexity index is 372. The molecule has 0 bridgehead atoms. The average Bonchev–Trinajstić information content (AvgIpc) is 2.43. The van der Waals surface area contributed by atoms with Gasteiger partial charge in [0.1, 0.15) is 0 Å². The summed E-state index contributed by atoms with van der Waals surface area (Å²) in [5.41, 5.74) is 0. The summed E-state index contributed by atoms with van der Waals surface area (Å²) >= 11 is 0. The van der Waals surface area contributed by atoms with Crippen LogP contribution in [0.5, 0.6) is 0 Å². The Balaban J connectivity index is 0.00000441. The fraction of sp³-hybridized carbons (Fsp3) is 0.846. The SMILES string of the molecule is CNCC(C)C(=O)NCC1CCN(C(=O)C(F)(F)F)CC1.Cl. The third kappa shape index (κ3) is 6.39. The van der Waals surface area contributed by atoms with E-state index in [9.17, 15) is 22.8 Å². The number of rotatable bonds is 5. The van der Waals surface area contributed by atoms with Gasteiger partial charge in [0.15, 0.2) is 0 Å². The number of hydrogen-bond acceptors (Lipinski definition) is 3. The predicted octanol–water partition coefficient (Wildman–Crippen LogP) is 1.18. The van der Waals surface area contributed by atoms with Gasteiger partial charge in [-0.05, 0) is 25.8 Å². The molecule has 0 radical (unpaired) electrons. The molecule has 2 amide bonds. The monoisotopic (exact) mass is 345 g/mol. The standard InChI is InChI=1S/C13H22F3N3O2.ClH/c1-9(7-17-2)11(20)18-8-10-3-5-19(6-4-10)12(21)13(14,15)16;/h9-10,17H,3-8H2,1-2H3,(H,18,20);1H. The minimum Gasteiger partial charge on any atom is -0.356 e. The van der Waals surface area contributed by atoms with Crippen LogP contribution in [0.4, 0.5) is 13.2 Å². The molecule has 1 rings (SSSR count). The van der Waals surface area contributed by atoms with Crippen LogP contribution >= 0.6 is 12.4 Å². The van der Waals surface area contributed by atoms with Gasteiger partial charge in [-0.15, -0.1) is 12.4 Å². The summed E-state index contributed by atoms with van der Waals surface area (Å²) in [6.07, 6.45) is -3.85. The second-order valence-corrected chi connectivity index (χ2v) is 5.44. The first-order valence-electron chi connectivity index (χ1n) is 7.04. The molecule has 0 aromatic carbocycles. The van der Waals surface area contributed by atoms with Crippen LogP contribution in [0.2, 0.25) is 0 Å². The Morgan fingerprint density at radius 3 is 2.27 bits per heavy atom. The van der Waals surface area contributed by atoms with Crippen molar-refractivity contribution in [3.05, 3.63) is 0 Å². The lowest BCUT2D eigenvalue weighted by Gasteiger charge is -2.32. The van der Waals surface area contributed by atoms with Gasteiger partial charge in [-0.1, -0.05) is 6.92 Å². The van der Waals surface area contributed by atoms with Crippen molar-refractivity contribution in [1.29, 1.82) is 0 Å². The van der Waals surface area contributed by atoms with Crippen molar-refractivity contribution in [3.63, 3.8) is 0 Å². The second-order valence-electron chi connectivity index (χ2n) is 5.44. The van der Waals surface area contributed by atoms with E-state index in [1.807, 2.05) is 0 Å². The smallest absolute Gasteiger partial charge is 0.356 e. The Morgan fingerprint density at radius 1 is 1.27 bits per heavy atom. The maximum atomic E-state index is 12.3. The summed E-state index contributed by atoms with van der Waals surface area (Å²) in [4.78, 5) is 23.6. The zero-order valence-corrected chi connectivity index (χ0v) is 13.5. The average molecular weight is 346 g/mol. The second kappa shape index (κ2) is 9.19. The molecule has 1 heterocycles. The Morgan fingerprint density at radius 2 is 1.82 bits per heavy atom. The van der Waals surface area contributed by atoms with E-state index in [1.54, 1.807) is 14.0 Å².